The van der Waals surface area contributed by atoms with Crippen molar-refractivity contribution in [2.75, 3.05) is 20.3 Å². The highest BCUT2D eigenvalue weighted by Crippen LogP contribution is 2.26. The van der Waals surface area contributed by atoms with Crippen molar-refractivity contribution in [3.05, 3.63) is 33.8 Å². The molecule has 1 heterocycles. The van der Waals surface area contributed by atoms with Crippen LogP contribution >= 0.6 is 23.2 Å². The normalized spacial score (nSPS) is 19.9. The fourth-order valence-electron chi connectivity index (χ4n) is 2.20. The first-order valence-electron chi connectivity index (χ1n) is 6.49. The molecule has 0 radical (unpaired) electrons. The van der Waals surface area contributed by atoms with Crippen LogP contribution in [-0.2, 0) is 14.3 Å². The van der Waals surface area contributed by atoms with Crippen LogP contribution in [0.1, 0.15) is 24.4 Å². The summed E-state index contributed by atoms with van der Waals surface area (Å²) in [6.07, 6.45) is 2.20. The summed E-state index contributed by atoms with van der Waals surface area (Å²) >= 11 is 11.9. The highest BCUT2D eigenvalue weighted by atomic mass is 35.5. The van der Waals surface area contributed by atoms with Gasteiger partial charge in [-0.15, -0.1) is 0 Å². The third-order valence-corrected chi connectivity index (χ3v) is 4.03. The fraction of sp³-hybridized carbons (Fsp3) is 0.500. The molecule has 1 aliphatic rings. The molecule has 0 saturated carbocycles. The first-order chi connectivity index (χ1) is 9.61. The van der Waals surface area contributed by atoms with Gasteiger partial charge < -0.3 is 9.47 Å². The standard InChI is InChI=1S/C14H17Cl2NO3/c1-19-14(18)13(17-8-10-3-2-6-20-10)9-4-5-11(15)12(16)7-9/h4-5,7,10,13,17H,2-3,6,8H2,1H3. The molecule has 2 atom stereocenters. The van der Waals surface area contributed by atoms with Gasteiger partial charge in [0.25, 0.3) is 0 Å². The van der Waals surface area contributed by atoms with Gasteiger partial charge in [-0.1, -0.05) is 29.3 Å². The Morgan fingerprint density at radius 3 is 2.90 bits per heavy atom. The van der Waals surface area contributed by atoms with Crippen LogP contribution in [0.5, 0.6) is 0 Å². The van der Waals surface area contributed by atoms with Crippen molar-refractivity contribution < 1.29 is 14.3 Å². The number of benzene rings is 1. The van der Waals surface area contributed by atoms with E-state index in [4.69, 9.17) is 32.7 Å². The number of nitrogens with one attached hydrogen (secondary N) is 1. The van der Waals surface area contributed by atoms with Gasteiger partial charge >= 0.3 is 5.97 Å². The molecule has 2 unspecified atom stereocenters. The monoisotopic (exact) mass is 317 g/mol. The summed E-state index contributed by atoms with van der Waals surface area (Å²) in [6.45, 7) is 1.38. The molecule has 1 N–H and O–H groups in total. The van der Waals surface area contributed by atoms with E-state index in [-0.39, 0.29) is 12.1 Å². The average Bonchev–Trinajstić information content (AvgIpc) is 2.95. The first-order valence-corrected chi connectivity index (χ1v) is 7.25. The Bertz CT molecular complexity index is 475. The molecule has 110 valence electrons. The Kier molecular flexibility index (Phi) is 5.66. The maximum atomic E-state index is 11.9. The summed E-state index contributed by atoms with van der Waals surface area (Å²) < 4.78 is 10.4. The summed E-state index contributed by atoms with van der Waals surface area (Å²) in [6, 6.07) is 4.54. The minimum Gasteiger partial charge on any atom is -0.468 e. The van der Waals surface area contributed by atoms with Crippen molar-refractivity contribution in [2.24, 2.45) is 0 Å². The molecule has 0 bridgehead atoms. The van der Waals surface area contributed by atoms with Crippen LogP contribution in [0.4, 0.5) is 0 Å². The van der Waals surface area contributed by atoms with Gasteiger partial charge in [-0.05, 0) is 30.5 Å². The Hall–Kier alpha value is -0.810. The van der Waals surface area contributed by atoms with Crippen LogP contribution in [0.15, 0.2) is 18.2 Å². The Morgan fingerprint density at radius 2 is 2.30 bits per heavy atom. The molecule has 1 aliphatic heterocycles. The molecule has 0 aliphatic carbocycles. The fourth-order valence-corrected chi connectivity index (χ4v) is 2.51. The highest BCUT2D eigenvalue weighted by Gasteiger charge is 2.24. The number of esters is 1. The number of carbonyl (C=O) groups excluding carboxylic acids is 1. The van der Waals surface area contributed by atoms with E-state index in [1.165, 1.54) is 7.11 Å². The van der Waals surface area contributed by atoms with Gasteiger partial charge in [-0.3, -0.25) is 5.32 Å². The van der Waals surface area contributed by atoms with Gasteiger partial charge in [-0.2, -0.15) is 0 Å². The van der Waals surface area contributed by atoms with Crippen LogP contribution in [0.2, 0.25) is 10.0 Å². The molecule has 0 amide bonds. The predicted octanol–water partition coefficient (Wildman–Crippen LogP) is 2.98. The Labute approximate surface area is 128 Å². The number of carbonyl (C=O) groups is 1. The van der Waals surface area contributed by atoms with E-state index in [2.05, 4.69) is 5.32 Å². The lowest BCUT2D eigenvalue weighted by atomic mass is 10.1. The third-order valence-electron chi connectivity index (χ3n) is 3.29. The lowest BCUT2D eigenvalue weighted by molar-refractivity contribution is -0.143. The molecule has 1 fully saturated rings. The molecule has 2 rings (SSSR count). The summed E-state index contributed by atoms with van der Waals surface area (Å²) in [7, 11) is 1.36. The number of ether oxygens (including phenoxy) is 2. The minimum atomic E-state index is -0.570. The van der Waals surface area contributed by atoms with Gasteiger partial charge in [0.1, 0.15) is 6.04 Å². The molecule has 4 nitrogen and oxygen atoms in total. The zero-order valence-corrected chi connectivity index (χ0v) is 12.7. The summed E-state index contributed by atoms with van der Waals surface area (Å²) in [5.74, 6) is -0.360. The molecule has 1 aromatic carbocycles. The number of halogens is 2. The number of hydrogen-bond acceptors (Lipinski definition) is 4. The van der Waals surface area contributed by atoms with Crippen molar-refractivity contribution in [3.63, 3.8) is 0 Å². The van der Waals surface area contributed by atoms with Crippen LogP contribution in [0.25, 0.3) is 0 Å². The quantitative estimate of drug-likeness (QED) is 0.848. The van der Waals surface area contributed by atoms with E-state index < -0.39 is 6.04 Å². The van der Waals surface area contributed by atoms with Gasteiger partial charge in [0.05, 0.1) is 23.3 Å². The number of methoxy groups -OCH3 is 1. The van der Waals surface area contributed by atoms with Gasteiger partial charge in [0.15, 0.2) is 0 Å². The SMILES string of the molecule is COC(=O)C(NCC1CCCO1)c1ccc(Cl)c(Cl)c1. The van der Waals surface area contributed by atoms with Gasteiger partial charge in [0.2, 0.25) is 0 Å². The second kappa shape index (κ2) is 7.27. The van der Waals surface area contributed by atoms with Crippen molar-refractivity contribution in [1.82, 2.24) is 5.32 Å². The number of rotatable bonds is 5. The van der Waals surface area contributed by atoms with Crippen LogP contribution < -0.4 is 5.32 Å². The Balaban J connectivity index is 2.09. The van der Waals surface area contributed by atoms with Gasteiger partial charge in [0, 0.05) is 13.2 Å². The van der Waals surface area contributed by atoms with E-state index in [0.717, 1.165) is 25.0 Å². The molecular formula is C14H17Cl2NO3. The zero-order chi connectivity index (χ0) is 14.5. The largest absolute Gasteiger partial charge is 0.468 e. The molecule has 1 aromatic rings. The predicted molar refractivity (Wildman–Crippen MR) is 78.2 cm³/mol. The third kappa shape index (κ3) is 3.85. The summed E-state index contributed by atoms with van der Waals surface area (Å²) in [5.41, 5.74) is 0.726. The molecule has 6 heteroatoms. The summed E-state index contributed by atoms with van der Waals surface area (Å²) in [4.78, 5) is 11.9. The number of hydrogen-bond donors (Lipinski definition) is 1. The lowest BCUT2D eigenvalue weighted by Gasteiger charge is -2.19. The van der Waals surface area contributed by atoms with Crippen LogP contribution in [0.3, 0.4) is 0 Å². The average molecular weight is 318 g/mol. The van der Waals surface area contributed by atoms with Crippen molar-refractivity contribution in [2.45, 2.75) is 25.0 Å². The second-order valence-electron chi connectivity index (χ2n) is 4.67. The Morgan fingerprint density at radius 1 is 1.50 bits per heavy atom. The molecule has 0 spiro atoms. The van der Waals surface area contributed by atoms with E-state index in [1.807, 2.05) is 0 Å². The molecule has 0 aromatic heterocycles. The smallest absolute Gasteiger partial charge is 0.327 e. The highest BCUT2D eigenvalue weighted by molar-refractivity contribution is 6.42. The maximum absolute atomic E-state index is 11.9. The van der Waals surface area contributed by atoms with E-state index in [0.29, 0.717) is 16.6 Å². The lowest BCUT2D eigenvalue weighted by Crippen LogP contribution is -2.35. The van der Waals surface area contributed by atoms with Crippen molar-refractivity contribution in [1.29, 1.82) is 0 Å². The molecule has 20 heavy (non-hydrogen) atoms. The molecular weight excluding hydrogens is 301 g/mol. The van der Waals surface area contributed by atoms with Crippen LogP contribution in [0, 0.1) is 0 Å². The zero-order valence-electron chi connectivity index (χ0n) is 11.2. The van der Waals surface area contributed by atoms with Gasteiger partial charge in [-0.25, -0.2) is 4.79 Å². The van der Waals surface area contributed by atoms with E-state index in [9.17, 15) is 4.79 Å². The molecule has 1 saturated heterocycles. The van der Waals surface area contributed by atoms with Crippen molar-refractivity contribution >= 4 is 29.2 Å². The van der Waals surface area contributed by atoms with E-state index >= 15 is 0 Å². The second-order valence-corrected chi connectivity index (χ2v) is 5.49. The van der Waals surface area contributed by atoms with E-state index in [1.54, 1.807) is 18.2 Å². The topological polar surface area (TPSA) is 47.6 Å². The first kappa shape index (κ1) is 15.6. The van der Waals surface area contributed by atoms with Crippen LogP contribution in [-0.4, -0.2) is 32.3 Å². The maximum Gasteiger partial charge on any atom is 0.327 e. The minimum absolute atomic E-state index is 0.143. The summed E-state index contributed by atoms with van der Waals surface area (Å²) in [5, 5.41) is 4.04. The van der Waals surface area contributed by atoms with Crippen molar-refractivity contribution in [3.8, 4) is 0 Å².